The third kappa shape index (κ3) is 4.46. The molecule has 5 heteroatoms. The summed E-state index contributed by atoms with van der Waals surface area (Å²) in [7, 11) is 0. The van der Waals surface area contributed by atoms with E-state index in [4.69, 9.17) is 11.6 Å². The zero-order valence-corrected chi connectivity index (χ0v) is 22.0. The Bertz CT molecular complexity index is 942. The predicted octanol–water partition coefficient (Wildman–Crippen LogP) is 5.85. The molecule has 0 aromatic heterocycles. The van der Waals surface area contributed by atoms with Crippen LogP contribution in [0.15, 0.2) is 18.2 Å². The maximum absolute atomic E-state index is 13.2. The summed E-state index contributed by atoms with van der Waals surface area (Å²) in [6.45, 7) is 2.82. The molecule has 35 heavy (non-hydrogen) atoms. The highest BCUT2D eigenvalue weighted by Crippen LogP contribution is 2.78. The van der Waals surface area contributed by atoms with Crippen LogP contribution in [0.1, 0.15) is 93.0 Å². The van der Waals surface area contributed by atoms with Gasteiger partial charge >= 0.3 is 0 Å². The van der Waals surface area contributed by atoms with E-state index in [1.165, 1.54) is 76.2 Å². The fraction of sp³-hybridized carbons (Fsp3) is 0.767. The van der Waals surface area contributed by atoms with Gasteiger partial charge in [-0.2, -0.15) is 0 Å². The lowest BCUT2D eigenvalue weighted by Crippen LogP contribution is -2.43. The number of hydrogen-bond donors (Lipinski definition) is 2. The molecule has 5 atom stereocenters. The van der Waals surface area contributed by atoms with Gasteiger partial charge in [0, 0.05) is 19.1 Å². The second-order valence-corrected chi connectivity index (χ2v) is 13.3. The van der Waals surface area contributed by atoms with Crippen LogP contribution in [0.4, 0.5) is 0 Å². The Balaban J connectivity index is 1.04. The minimum atomic E-state index is 0.00144. The van der Waals surface area contributed by atoms with Gasteiger partial charge in [-0.1, -0.05) is 36.9 Å². The van der Waals surface area contributed by atoms with E-state index in [9.17, 15) is 9.90 Å². The molecule has 5 aliphatic rings. The van der Waals surface area contributed by atoms with Crippen LogP contribution in [0.5, 0.6) is 0 Å². The third-order valence-electron chi connectivity index (χ3n) is 10.9. The van der Waals surface area contributed by atoms with Gasteiger partial charge in [-0.25, -0.2) is 0 Å². The highest BCUT2D eigenvalue weighted by Gasteiger charge is 2.70. The summed E-state index contributed by atoms with van der Waals surface area (Å²) in [5.41, 5.74) is 2.82. The molecule has 192 valence electrons. The van der Waals surface area contributed by atoms with Crippen LogP contribution in [0, 0.1) is 28.6 Å². The van der Waals surface area contributed by atoms with Gasteiger partial charge in [-0.05, 0) is 117 Å². The first-order valence-corrected chi connectivity index (χ1v) is 14.8. The SMILES string of the molecule is O=C(NCC12CC3CC4CC(C1)C4(C3)C2)c1cc(CCCN(CCO)C2CCCCC2)ccc1Cl. The van der Waals surface area contributed by atoms with Crippen molar-refractivity contribution in [1.29, 1.82) is 0 Å². The van der Waals surface area contributed by atoms with E-state index >= 15 is 0 Å². The number of halogens is 1. The van der Waals surface area contributed by atoms with Crippen LogP contribution in [0.25, 0.3) is 0 Å². The van der Waals surface area contributed by atoms with Gasteiger partial charge in [-0.3, -0.25) is 9.69 Å². The molecule has 0 radical (unpaired) electrons. The lowest BCUT2D eigenvalue weighted by atomic mass is 9.55. The average molecular weight is 499 g/mol. The summed E-state index contributed by atoms with van der Waals surface area (Å²) in [4.78, 5) is 15.7. The monoisotopic (exact) mass is 498 g/mol. The van der Waals surface area contributed by atoms with Crippen molar-refractivity contribution in [2.75, 3.05) is 26.2 Å². The summed E-state index contributed by atoms with van der Waals surface area (Å²) in [6.07, 6.45) is 16.9. The normalized spacial score (nSPS) is 35.3. The number of rotatable bonds is 10. The Labute approximate surface area is 216 Å². The molecule has 1 aromatic carbocycles. The zero-order valence-electron chi connectivity index (χ0n) is 21.2. The summed E-state index contributed by atoms with van der Waals surface area (Å²) in [5, 5.41) is 13.4. The lowest BCUT2D eigenvalue weighted by molar-refractivity contribution is -0.00253. The van der Waals surface area contributed by atoms with Crippen LogP contribution in [-0.2, 0) is 6.42 Å². The summed E-state index contributed by atoms with van der Waals surface area (Å²) in [6, 6.07) is 6.61. The summed E-state index contributed by atoms with van der Waals surface area (Å²) >= 11 is 6.50. The molecule has 5 fully saturated rings. The molecule has 0 heterocycles. The van der Waals surface area contributed by atoms with E-state index in [1.54, 1.807) is 0 Å². The van der Waals surface area contributed by atoms with Gasteiger partial charge in [0.25, 0.3) is 5.91 Å². The third-order valence-corrected chi connectivity index (χ3v) is 11.2. The van der Waals surface area contributed by atoms with Gasteiger partial charge in [0.1, 0.15) is 0 Å². The van der Waals surface area contributed by atoms with Gasteiger partial charge in [0.15, 0.2) is 0 Å². The van der Waals surface area contributed by atoms with E-state index in [-0.39, 0.29) is 12.5 Å². The lowest BCUT2D eigenvalue weighted by Gasteiger charge is -2.49. The summed E-state index contributed by atoms with van der Waals surface area (Å²) in [5.74, 6) is 2.84. The van der Waals surface area contributed by atoms with Crippen molar-refractivity contribution in [3.05, 3.63) is 34.3 Å². The molecular weight excluding hydrogens is 456 g/mol. The quantitative estimate of drug-likeness (QED) is 0.425. The molecule has 5 aliphatic carbocycles. The smallest absolute Gasteiger partial charge is 0.252 e. The van der Waals surface area contributed by atoms with E-state index in [1.807, 2.05) is 12.1 Å². The Morgan fingerprint density at radius 1 is 1.09 bits per heavy atom. The maximum atomic E-state index is 13.2. The number of hydrogen-bond acceptors (Lipinski definition) is 3. The first kappa shape index (κ1) is 24.2. The molecule has 5 unspecified atom stereocenters. The molecule has 1 amide bonds. The first-order valence-electron chi connectivity index (χ1n) is 14.4. The van der Waals surface area contributed by atoms with Gasteiger partial charge in [0.2, 0.25) is 0 Å². The predicted molar refractivity (Wildman–Crippen MR) is 141 cm³/mol. The Morgan fingerprint density at radius 2 is 1.94 bits per heavy atom. The highest BCUT2D eigenvalue weighted by atomic mass is 35.5. The molecule has 1 spiro atoms. The molecular formula is C30H43ClN2O2. The Kier molecular flexibility index (Phi) is 6.69. The van der Waals surface area contributed by atoms with Gasteiger partial charge < -0.3 is 10.4 Å². The van der Waals surface area contributed by atoms with Crippen molar-refractivity contribution in [3.63, 3.8) is 0 Å². The topological polar surface area (TPSA) is 52.6 Å². The molecule has 1 aromatic rings. The standard InChI is InChI=1S/C30H43ClN2O2/c31-27-9-8-21(5-4-10-33(11-12-34)25-6-2-1-3-7-25)14-26(27)28(35)32-20-29-16-22-13-23-15-24(18-29)30(23,17-22)19-29/h8-9,14,22-25,34H,1-7,10-13,15-20H2,(H,32,35). The second-order valence-electron chi connectivity index (χ2n) is 12.9. The minimum Gasteiger partial charge on any atom is -0.395 e. The van der Waals surface area contributed by atoms with Crippen LogP contribution in [0.2, 0.25) is 5.02 Å². The number of nitrogens with zero attached hydrogens (tertiary/aromatic N) is 1. The zero-order chi connectivity index (χ0) is 24.0. The van der Waals surface area contributed by atoms with E-state index in [2.05, 4.69) is 16.3 Å². The number of fused-ring (bicyclic) bond motifs is 2. The summed E-state index contributed by atoms with van der Waals surface area (Å²) < 4.78 is 0. The highest BCUT2D eigenvalue weighted by molar-refractivity contribution is 6.33. The van der Waals surface area contributed by atoms with Crippen molar-refractivity contribution < 1.29 is 9.90 Å². The number of aryl methyl sites for hydroxylation is 1. The van der Waals surface area contributed by atoms with Crippen molar-refractivity contribution in [1.82, 2.24) is 10.2 Å². The maximum Gasteiger partial charge on any atom is 0.252 e. The van der Waals surface area contributed by atoms with Crippen molar-refractivity contribution >= 4 is 17.5 Å². The molecule has 6 rings (SSSR count). The van der Waals surface area contributed by atoms with Crippen LogP contribution >= 0.6 is 11.6 Å². The number of aliphatic hydroxyl groups is 1. The second kappa shape index (κ2) is 9.65. The molecule has 4 nitrogen and oxygen atoms in total. The van der Waals surface area contributed by atoms with Gasteiger partial charge in [0.05, 0.1) is 17.2 Å². The van der Waals surface area contributed by atoms with E-state index < -0.39 is 0 Å². The molecule has 5 saturated carbocycles. The number of nitrogens with one attached hydrogen (secondary N) is 1. The fourth-order valence-electron chi connectivity index (χ4n) is 9.55. The Morgan fingerprint density at radius 3 is 2.77 bits per heavy atom. The van der Waals surface area contributed by atoms with Crippen molar-refractivity contribution in [2.45, 2.75) is 89.5 Å². The van der Waals surface area contributed by atoms with Crippen LogP contribution in [0.3, 0.4) is 0 Å². The number of aliphatic hydroxyl groups excluding tert-OH is 1. The molecule has 0 saturated heterocycles. The van der Waals surface area contributed by atoms with Gasteiger partial charge in [-0.15, -0.1) is 0 Å². The number of benzene rings is 1. The van der Waals surface area contributed by atoms with Crippen LogP contribution < -0.4 is 5.32 Å². The molecule has 2 N–H and O–H groups in total. The largest absolute Gasteiger partial charge is 0.395 e. The first-order chi connectivity index (χ1) is 17.0. The fourth-order valence-corrected chi connectivity index (χ4v) is 9.75. The number of carbonyl (C=O) groups is 1. The molecule has 0 aliphatic heterocycles. The molecule has 3 bridgehead atoms. The Hall–Kier alpha value is -1.10. The van der Waals surface area contributed by atoms with Crippen molar-refractivity contribution in [3.8, 4) is 0 Å². The van der Waals surface area contributed by atoms with Crippen molar-refractivity contribution in [2.24, 2.45) is 28.6 Å². The number of amides is 1. The number of carbonyl (C=O) groups excluding carboxylic acids is 1. The minimum absolute atomic E-state index is 0.00144. The van der Waals surface area contributed by atoms with Crippen LogP contribution in [-0.4, -0.2) is 48.2 Å². The van der Waals surface area contributed by atoms with E-state index in [0.717, 1.165) is 50.2 Å². The average Bonchev–Trinajstić information content (AvgIpc) is 3.18. The van der Waals surface area contributed by atoms with E-state index in [0.29, 0.717) is 27.5 Å².